The van der Waals surface area contributed by atoms with Crippen LogP contribution >= 0.6 is 0 Å². The van der Waals surface area contributed by atoms with Gasteiger partial charge in [-0.2, -0.15) is 5.10 Å². The highest BCUT2D eigenvalue weighted by Gasteiger charge is 2.18. The molecule has 2 N–H and O–H groups in total. The van der Waals surface area contributed by atoms with E-state index in [1.165, 1.54) is 24.1 Å². The molecular formula is C13H25N3. The number of nitrogens with two attached hydrogens (primary N) is 1. The zero-order valence-electron chi connectivity index (χ0n) is 11.2. The summed E-state index contributed by atoms with van der Waals surface area (Å²) >= 11 is 0. The Kier molecular flexibility index (Phi) is 4.54. The maximum atomic E-state index is 6.29. The molecule has 0 bridgehead atoms. The molecule has 0 aliphatic rings. The molecule has 0 saturated carbocycles. The minimum absolute atomic E-state index is 0.134. The predicted octanol–water partition coefficient (Wildman–Crippen LogP) is 2.86. The average Bonchev–Trinajstić information content (AvgIpc) is 2.41. The Labute approximate surface area is 99.0 Å². The fourth-order valence-electron chi connectivity index (χ4n) is 2.49. The van der Waals surface area contributed by atoms with Crippen LogP contribution in [0.25, 0.3) is 0 Å². The first-order chi connectivity index (χ1) is 7.47. The second-order valence-electron chi connectivity index (χ2n) is 4.94. The van der Waals surface area contributed by atoms with Gasteiger partial charge in [0.25, 0.3) is 0 Å². The summed E-state index contributed by atoms with van der Waals surface area (Å²) < 4.78 is 1.93. The first-order valence-electron chi connectivity index (χ1n) is 6.23. The van der Waals surface area contributed by atoms with Gasteiger partial charge in [-0.3, -0.25) is 4.68 Å². The van der Waals surface area contributed by atoms with E-state index >= 15 is 0 Å². The van der Waals surface area contributed by atoms with E-state index < -0.39 is 0 Å². The number of hydrogen-bond donors (Lipinski definition) is 1. The van der Waals surface area contributed by atoms with E-state index in [0.29, 0.717) is 5.92 Å². The lowest BCUT2D eigenvalue weighted by Gasteiger charge is -2.17. The van der Waals surface area contributed by atoms with Gasteiger partial charge in [-0.1, -0.05) is 26.7 Å². The first kappa shape index (κ1) is 13.2. The fraction of sp³-hybridized carbons (Fsp3) is 0.769. The number of nitrogens with zero attached hydrogens (tertiary/aromatic N) is 2. The van der Waals surface area contributed by atoms with Crippen molar-refractivity contribution in [2.45, 2.75) is 53.0 Å². The van der Waals surface area contributed by atoms with E-state index in [1.807, 2.05) is 18.7 Å². The maximum Gasteiger partial charge on any atom is 0.0644 e. The van der Waals surface area contributed by atoms with Gasteiger partial charge in [-0.05, 0) is 26.2 Å². The highest BCUT2D eigenvalue weighted by Crippen LogP contribution is 2.26. The molecule has 16 heavy (non-hydrogen) atoms. The van der Waals surface area contributed by atoms with Crippen LogP contribution in [0.3, 0.4) is 0 Å². The molecule has 0 saturated heterocycles. The summed E-state index contributed by atoms with van der Waals surface area (Å²) in [6, 6.07) is 0.134. The Bertz CT molecular complexity index is 341. The minimum atomic E-state index is 0.134. The SMILES string of the molecule is CCCC(C)CC(N)c1c(C)nn(C)c1C. The van der Waals surface area contributed by atoms with Crippen molar-refractivity contribution < 1.29 is 0 Å². The van der Waals surface area contributed by atoms with E-state index in [0.717, 1.165) is 12.1 Å². The zero-order chi connectivity index (χ0) is 12.3. The van der Waals surface area contributed by atoms with E-state index in [4.69, 9.17) is 5.73 Å². The number of aryl methyl sites for hydroxylation is 2. The molecule has 0 aliphatic heterocycles. The molecule has 2 unspecified atom stereocenters. The third-order valence-electron chi connectivity index (χ3n) is 3.37. The monoisotopic (exact) mass is 223 g/mol. The minimum Gasteiger partial charge on any atom is -0.324 e. The molecule has 0 aromatic carbocycles. The van der Waals surface area contributed by atoms with Gasteiger partial charge in [-0.15, -0.1) is 0 Å². The lowest BCUT2D eigenvalue weighted by molar-refractivity contribution is 0.438. The summed E-state index contributed by atoms with van der Waals surface area (Å²) in [4.78, 5) is 0. The summed E-state index contributed by atoms with van der Waals surface area (Å²) in [7, 11) is 1.98. The number of hydrogen-bond acceptors (Lipinski definition) is 2. The van der Waals surface area contributed by atoms with Crippen LogP contribution in [0.5, 0.6) is 0 Å². The third kappa shape index (κ3) is 2.85. The van der Waals surface area contributed by atoms with E-state index in [1.54, 1.807) is 0 Å². The largest absolute Gasteiger partial charge is 0.324 e. The number of aromatic nitrogens is 2. The molecule has 0 aliphatic carbocycles. The molecule has 3 nitrogen and oxygen atoms in total. The molecule has 1 aromatic rings. The summed E-state index contributed by atoms with van der Waals surface area (Å²) in [5.74, 6) is 0.694. The first-order valence-corrected chi connectivity index (χ1v) is 6.23. The molecule has 1 rings (SSSR count). The molecule has 1 heterocycles. The summed E-state index contributed by atoms with van der Waals surface area (Å²) in [6.07, 6.45) is 3.55. The Morgan fingerprint density at radius 3 is 2.44 bits per heavy atom. The van der Waals surface area contributed by atoms with Gasteiger partial charge in [0.15, 0.2) is 0 Å². The van der Waals surface area contributed by atoms with Crippen molar-refractivity contribution in [2.75, 3.05) is 0 Å². The molecule has 0 radical (unpaired) electrons. The zero-order valence-corrected chi connectivity index (χ0v) is 11.2. The van der Waals surface area contributed by atoms with Crippen LogP contribution in [-0.2, 0) is 7.05 Å². The maximum absolute atomic E-state index is 6.29. The smallest absolute Gasteiger partial charge is 0.0644 e. The van der Waals surface area contributed by atoms with E-state index in [-0.39, 0.29) is 6.04 Å². The van der Waals surface area contributed by atoms with Crippen LogP contribution in [0.2, 0.25) is 0 Å². The summed E-state index contributed by atoms with van der Waals surface area (Å²) in [6.45, 7) is 8.65. The van der Waals surface area contributed by atoms with Crippen molar-refractivity contribution >= 4 is 0 Å². The molecular weight excluding hydrogens is 198 g/mol. The van der Waals surface area contributed by atoms with Crippen LogP contribution in [0.1, 0.15) is 56.1 Å². The molecule has 2 atom stereocenters. The third-order valence-corrected chi connectivity index (χ3v) is 3.37. The van der Waals surface area contributed by atoms with E-state index in [9.17, 15) is 0 Å². The standard InChI is InChI=1S/C13H25N3/c1-6-7-9(2)8-12(14)13-10(3)15-16(5)11(13)4/h9,12H,6-8,14H2,1-5H3. The Morgan fingerprint density at radius 2 is 2.00 bits per heavy atom. The number of rotatable bonds is 5. The van der Waals surface area contributed by atoms with Crippen molar-refractivity contribution in [1.82, 2.24) is 9.78 Å². The topological polar surface area (TPSA) is 43.8 Å². The summed E-state index contributed by atoms with van der Waals surface area (Å²) in [5, 5.41) is 4.42. The average molecular weight is 223 g/mol. The van der Waals surface area contributed by atoms with Crippen molar-refractivity contribution in [3.05, 3.63) is 17.0 Å². The Balaban J connectivity index is 2.76. The van der Waals surface area contributed by atoms with E-state index in [2.05, 4.69) is 25.9 Å². The van der Waals surface area contributed by atoms with Gasteiger partial charge in [-0.25, -0.2) is 0 Å². The van der Waals surface area contributed by atoms with Crippen LogP contribution in [-0.4, -0.2) is 9.78 Å². The van der Waals surface area contributed by atoms with Gasteiger partial charge < -0.3 is 5.73 Å². The van der Waals surface area contributed by atoms with Crippen molar-refractivity contribution in [1.29, 1.82) is 0 Å². The van der Waals surface area contributed by atoms with Crippen molar-refractivity contribution in [3.8, 4) is 0 Å². The van der Waals surface area contributed by atoms with Gasteiger partial charge in [0.2, 0.25) is 0 Å². The quantitative estimate of drug-likeness (QED) is 0.834. The van der Waals surface area contributed by atoms with Crippen LogP contribution in [0.4, 0.5) is 0 Å². The molecule has 1 aromatic heterocycles. The second-order valence-corrected chi connectivity index (χ2v) is 4.94. The van der Waals surface area contributed by atoms with Crippen LogP contribution in [0, 0.1) is 19.8 Å². The van der Waals surface area contributed by atoms with Crippen molar-refractivity contribution in [2.24, 2.45) is 18.7 Å². The molecule has 0 amide bonds. The van der Waals surface area contributed by atoms with Crippen LogP contribution in [0.15, 0.2) is 0 Å². The lowest BCUT2D eigenvalue weighted by Crippen LogP contribution is -2.15. The fourth-order valence-corrected chi connectivity index (χ4v) is 2.49. The molecule has 92 valence electrons. The van der Waals surface area contributed by atoms with Gasteiger partial charge in [0.1, 0.15) is 0 Å². The summed E-state index contributed by atoms with van der Waals surface area (Å²) in [5.41, 5.74) is 9.81. The van der Waals surface area contributed by atoms with Gasteiger partial charge in [0, 0.05) is 24.3 Å². The Morgan fingerprint density at radius 1 is 1.38 bits per heavy atom. The van der Waals surface area contributed by atoms with Crippen molar-refractivity contribution in [3.63, 3.8) is 0 Å². The Hall–Kier alpha value is -0.830. The molecule has 3 heteroatoms. The van der Waals surface area contributed by atoms with Gasteiger partial charge in [0.05, 0.1) is 5.69 Å². The second kappa shape index (κ2) is 5.48. The van der Waals surface area contributed by atoms with Crippen LogP contribution < -0.4 is 5.73 Å². The molecule has 0 fully saturated rings. The normalized spacial score (nSPS) is 15.1. The molecule has 0 spiro atoms. The highest BCUT2D eigenvalue weighted by molar-refractivity contribution is 5.27. The van der Waals surface area contributed by atoms with Gasteiger partial charge >= 0.3 is 0 Å². The lowest BCUT2D eigenvalue weighted by atomic mass is 9.92. The highest BCUT2D eigenvalue weighted by atomic mass is 15.3. The predicted molar refractivity (Wildman–Crippen MR) is 68.3 cm³/mol.